The molecule has 1 aliphatic rings. The summed E-state index contributed by atoms with van der Waals surface area (Å²) in [6.45, 7) is 4.14. The Hall–Kier alpha value is -1.56. The van der Waals surface area contributed by atoms with E-state index in [1.807, 2.05) is 0 Å². The van der Waals surface area contributed by atoms with Gasteiger partial charge in [0.05, 0.1) is 18.8 Å². The van der Waals surface area contributed by atoms with E-state index in [1.54, 1.807) is 0 Å². The molecule has 0 saturated carbocycles. The molecule has 1 aromatic rings. The monoisotopic (exact) mass is 287 g/mol. The molecule has 1 unspecified atom stereocenters. The molecule has 1 fully saturated rings. The van der Waals surface area contributed by atoms with E-state index in [1.165, 1.54) is 0 Å². The van der Waals surface area contributed by atoms with Gasteiger partial charge in [0.2, 0.25) is 0 Å². The van der Waals surface area contributed by atoms with E-state index < -0.39 is 17.5 Å². The van der Waals surface area contributed by atoms with Gasteiger partial charge in [0.15, 0.2) is 24.0 Å². The van der Waals surface area contributed by atoms with Crippen molar-refractivity contribution in [2.45, 2.75) is 19.8 Å². The number of hydrogen-bond acceptors (Lipinski definition) is 1. The lowest BCUT2D eigenvalue weighted by Crippen LogP contribution is -3.14. The van der Waals surface area contributed by atoms with Crippen LogP contribution in [0.5, 0.6) is 0 Å². The lowest BCUT2D eigenvalue weighted by molar-refractivity contribution is -0.900. The summed E-state index contributed by atoms with van der Waals surface area (Å²) in [6, 6.07) is 1.82. The van der Waals surface area contributed by atoms with Crippen LogP contribution in [0.15, 0.2) is 12.1 Å². The van der Waals surface area contributed by atoms with Crippen LogP contribution in [0.2, 0.25) is 0 Å². The molecule has 1 aromatic carbocycles. The number of quaternary nitrogens is 1. The minimum Gasteiger partial charge on any atom is -0.327 e. The maximum atomic E-state index is 13.4. The van der Waals surface area contributed by atoms with Gasteiger partial charge in [0.1, 0.15) is 0 Å². The minimum absolute atomic E-state index is 0.211. The van der Waals surface area contributed by atoms with Gasteiger partial charge in [0, 0.05) is 5.92 Å². The zero-order valence-electron chi connectivity index (χ0n) is 11.3. The largest absolute Gasteiger partial charge is 0.327 e. The smallest absolute Gasteiger partial charge is 0.279 e. The predicted molar refractivity (Wildman–Crippen MR) is 68.9 cm³/mol. The Bertz CT molecular complexity index is 507. The van der Waals surface area contributed by atoms with Crippen LogP contribution in [-0.2, 0) is 4.79 Å². The van der Waals surface area contributed by atoms with Crippen LogP contribution in [0.25, 0.3) is 0 Å². The van der Waals surface area contributed by atoms with Crippen LogP contribution in [-0.4, -0.2) is 25.5 Å². The molecule has 1 saturated heterocycles. The fourth-order valence-corrected chi connectivity index (χ4v) is 2.60. The summed E-state index contributed by atoms with van der Waals surface area (Å²) in [6.07, 6.45) is 2.21. The highest BCUT2D eigenvalue weighted by Crippen LogP contribution is 2.19. The maximum absolute atomic E-state index is 13.4. The molecule has 0 aromatic heterocycles. The number of likely N-dealkylation sites (tertiary alicyclic amines) is 1. The normalized spacial score (nSPS) is 22.6. The third-order valence-electron chi connectivity index (χ3n) is 3.58. The Morgan fingerprint density at radius 3 is 2.80 bits per heavy atom. The standard InChI is InChI=1S/C14H17F3N2O/c1-9-3-2-6-19(7-9)8-12(20)18-11-5-4-10(15)13(16)14(11)17/h4-5,9H,2-3,6-8H2,1H3,(H,18,20)/p+1/t9-/m0/s1. The number of amides is 1. The van der Waals surface area contributed by atoms with Gasteiger partial charge in [-0.05, 0) is 25.0 Å². The highest BCUT2D eigenvalue weighted by molar-refractivity contribution is 5.91. The van der Waals surface area contributed by atoms with Gasteiger partial charge >= 0.3 is 0 Å². The van der Waals surface area contributed by atoms with Crippen LogP contribution in [0, 0.1) is 23.4 Å². The summed E-state index contributed by atoms with van der Waals surface area (Å²) >= 11 is 0. The molecule has 3 nitrogen and oxygen atoms in total. The van der Waals surface area contributed by atoms with Crippen molar-refractivity contribution in [2.24, 2.45) is 5.92 Å². The predicted octanol–water partition coefficient (Wildman–Crippen LogP) is 1.36. The molecule has 1 amide bonds. The zero-order valence-corrected chi connectivity index (χ0v) is 11.3. The van der Waals surface area contributed by atoms with Gasteiger partial charge in [-0.15, -0.1) is 0 Å². The summed E-state index contributed by atoms with van der Waals surface area (Å²) in [7, 11) is 0. The molecule has 0 radical (unpaired) electrons. The zero-order chi connectivity index (χ0) is 14.7. The SMILES string of the molecule is C[C@H]1CCC[NH+](CC(=O)Nc2ccc(F)c(F)c2F)C1. The average Bonchev–Trinajstić information content (AvgIpc) is 2.39. The molecule has 2 N–H and O–H groups in total. The summed E-state index contributed by atoms with van der Waals surface area (Å²) in [5.74, 6) is -4.02. The third kappa shape index (κ3) is 3.50. The second-order valence-corrected chi connectivity index (χ2v) is 5.40. The van der Waals surface area contributed by atoms with Gasteiger partial charge in [-0.3, -0.25) is 4.79 Å². The summed E-state index contributed by atoms with van der Waals surface area (Å²) in [5, 5.41) is 2.30. The second kappa shape index (κ2) is 6.26. The highest BCUT2D eigenvalue weighted by atomic mass is 19.2. The molecule has 6 heteroatoms. The number of anilines is 1. The van der Waals surface area contributed by atoms with E-state index in [4.69, 9.17) is 0 Å². The van der Waals surface area contributed by atoms with E-state index in [0.717, 1.165) is 43.0 Å². The van der Waals surface area contributed by atoms with Crippen LogP contribution in [0.1, 0.15) is 19.8 Å². The highest BCUT2D eigenvalue weighted by Gasteiger charge is 2.23. The fraction of sp³-hybridized carbons (Fsp3) is 0.500. The molecule has 1 heterocycles. The maximum Gasteiger partial charge on any atom is 0.279 e. The number of carbonyl (C=O) groups is 1. The fourth-order valence-electron chi connectivity index (χ4n) is 2.60. The Morgan fingerprint density at radius 2 is 2.10 bits per heavy atom. The van der Waals surface area contributed by atoms with Crippen LogP contribution in [0.4, 0.5) is 18.9 Å². The van der Waals surface area contributed by atoms with Crippen molar-refractivity contribution in [3.8, 4) is 0 Å². The molecule has 2 atom stereocenters. The quantitative estimate of drug-likeness (QED) is 0.809. The lowest BCUT2D eigenvalue weighted by Gasteiger charge is -2.27. The molecule has 0 bridgehead atoms. The number of halogens is 3. The summed E-state index contributed by atoms with van der Waals surface area (Å²) < 4.78 is 39.3. The van der Waals surface area contributed by atoms with E-state index in [-0.39, 0.29) is 18.1 Å². The summed E-state index contributed by atoms with van der Waals surface area (Å²) in [5.41, 5.74) is -0.321. The van der Waals surface area contributed by atoms with Crippen molar-refractivity contribution in [3.63, 3.8) is 0 Å². The van der Waals surface area contributed by atoms with E-state index in [0.29, 0.717) is 5.92 Å². The Kier molecular flexibility index (Phi) is 4.65. The van der Waals surface area contributed by atoms with Crippen molar-refractivity contribution >= 4 is 11.6 Å². The number of nitrogens with one attached hydrogen (secondary N) is 2. The van der Waals surface area contributed by atoms with E-state index in [9.17, 15) is 18.0 Å². The number of benzene rings is 1. The number of carbonyl (C=O) groups excluding carboxylic acids is 1. The van der Waals surface area contributed by atoms with Gasteiger partial charge in [-0.1, -0.05) is 6.92 Å². The first-order valence-corrected chi connectivity index (χ1v) is 6.74. The molecular weight excluding hydrogens is 269 g/mol. The van der Waals surface area contributed by atoms with Gasteiger partial charge < -0.3 is 10.2 Å². The molecular formula is C14H18F3N2O+. The second-order valence-electron chi connectivity index (χ2n) is 5.40. The van der Waals surface area contributed by atoms with E-state index in [2.05, 4.69) is 12.2 Å². The molecule has 0 spiro atoms. The van der Waals surface area contributed by atoms with Crippen molar-refractivity contribution < 1.29 is 22.9 Å². The summed E-state index contributed by atoms with van der Waals surface area (Å²) in [4.78, 5) is 12.9. The van der Waals surface area contributed by atoms with Gasteiger partial charge in [0.25, 0.3) is 5.91 Å². The first-order valence-electron chi connectivity index (χ1n) is 6.74. The van der Waals surface area contributed by atoms with Crippen LogP contribution >= 0.6 is 0 Å². The average molecular weight is 287 g/mol. The molecule has 20 heavy (non-hydrogen) atoms. The topological polar surface area (TPSA) is 33.5 Å². The van der Waals surface area contributed by atoms with Gasteiger partial charge in [-0.25, -0.2) is 13.2 Å². The Labute approximate surface area is 115 Å². The van der Waals surface area contributed by atoms with E-state index >= 15 is 0 Å². The first-order chi connectivity index (χ1) is 9.47. The van der Waals surface area contributed by atoms with Crippen molar-refractivity contribution in [3.05, 3.63) is 29.6 Å². The molecule has 1 aliphatic heterocycles. The Morgan fingerprint density at radius 1 is 1.35 bits per heavy atom. The number of hydrogen-bond donors (Lipinski definition) is 2. The molecule has 0 aliphatic carbocycles. The van der Waals surface area contributed by atoms with Gasteiger partial charge in [-0.2, -0.15) is 0 Å². The number of rotatable bonds is 3. The number of piperidine rings is 1. The molecule has 2 rings (SSSR count). The van der Waals surface area contributed by atoms with Crippen molar-refractivity contribution in [2.75, 3.05) is 25.0 Å². The minimum atomic E-state index is -1.57. The van der Waals surface area contributed by atoms with Crippen LogP contribution < -0.4 is 10.2 Å². The van der Waals surface area contributed by atoms with Crippen molar-refractivity contribution in [1.29, 1.82) is 0 Å². The third-order valence-corrected chi connectivity index (χ3v) is 3.58. The first kappa shape index (κ1) is 14.8. The van der Waals surface area contributed by atoms with Crippen molar-refractivity contribution in [1.82, 2.24) is 0 Å². The Balaban J connectivity index is 1.96. The molecule has 110 valence electrons. The lowest BCUT2D eigenvalue weighted by atomic mass is 10.0. The van der Waals surface area contributed by atoms with Crippen LogP contribution in [0.3, 0.4) is 0 Å².